The fourth-order valence-electron chi connectivity index (χ4n) is 2.87. The largest absolute Gasteiger partial charge is 0.449 e. The van der Waals surface area contributed by atoms with Gasteiger partial charge in [0.15, 0.2) is 6.10 Å². The number of furan rings is 1. The third-order valence-electron chi connectivity index (χ3n) is 4.43. The molecular formula is C20H15N3O6. The average molecular weight is 393 g/mol. The number of fused-ring (bicyclic) bond motifs is 1. The maximum atomic E-state index is 12.5. The van der Waals surface area contributed by atoms with Crippen LogP contribution in [0.2, 0.25) is 0 Å². The van der Waals surface area contributed by atoms with Crippen LogP contribution in [0.15, 0.2) is 57.4 Å². The summed E-state index contributed by atoms with van der Waals surface area (Å²) in [6.45, 7) is 3.38. The van der Waals surface area contributed by atoms with Crippen molar-refractivity contribution in [2.45, 2.75) is 20.0 Å². The van der Waals surface area contributed by atoms with E-state index in [1.807, 2.05) is 18.2 Å². The van der Waals surface area contributed by atoms with E-state index >= 15 is 0 Å². The number of nitro benzene ring substituents is 1. The van der Waals surface area contributed by atoms with Crippen LogP contribution in [0.3, 0.4) is 0 Å². The van der Waals surface area contributed by atoms with Gasteiger partial charge in [-0.25, -0.2) is 4.79 Å². The number of rotatable bonds is 5. The van der Waals surface area contributed by atoms with Crippen LogP contribution in [0, 0.1) is 17.0 Å². The SMILES string of the molecule is Cc1c(C(=O)O[C@@H](C)c2nnc(-c3ccc([N+](=O)[O-])cc3)o2)oc2ccccc12. The molecule has 0 unspecified atom stereocenters. The number of aryl methyl sites for hydroxylation is 1. The van der Waals surface area contributed by atoms with E-state index in [1.54, 1.807) is 19.9 Å². The van der Waals surface area contributed by atoms with E-state index in [9.17, 15) is 14.9 Å². The summed E-state index contributed by atoms with van der Waals surface area (Å²) in [7, 11) is 0. The molecule has 0 radical (unpaired) electrons. The third kappa shape index (κ3) is 3.45. The minimum absolute atomic E-state index is 0.0445. The van der Waals surface area contributed by atoms with Crippen molar-refractivity contribution in [1.82, 2.24) is 10.2 Å². The molecule has 1 atom stereocenters. The number of esters is 1. The van der Waals surface area contributed by atoms with Crippen LogP contribution in [0.1, 0.15) is 35.0 Å². The highest BCUT2D eigenvalue weighted by Gasteiger charge is 2.24. The first-order valence-electron chi connectivity index (χ1n) is 8.71. The Morgan fingerprint density at radius 2 is 1.83 bits per heavy atom. The number of nitro groups is 1. The minimum atomic E-state index is -0.811. The number of non-ortho nitro benzene ring substituents is 1. The first kappa shape index (κ1) is 18.4. The second kappa shape index (κ2) is 7.19. The minimum Gasteiger partial charge on any atom is -0.449 e. The molecule has 4 aromatic rings. The molecule has 0 aliphatic heterocycles. The van der Waals surface area contributed by atoms with Crippen molar-refractivity contribution >= 4 is 22.6 Å². The average Bonchev–Trinajstić information content (AvgIpc) is 3.34. The summed E-state index contributed by atoms with van der Waals surface area (Å²) >= 11 is 0. The predicted molar refractivity (Wildman–Crippen MR) is 101 cm³/mol. The smallest absolute Gasteiger partial charge is 0.375 e. The molecule has 2 aromatic carbocycles. The summed E-state index contributed by atoms with van der Waals surface area (Å²) < 4.78 is 16.6. The molecule has 146 valence electrons. The Labute approximate surface area is 164 Å². The second-order valence-electron chi connectivity index (χ2n) is 6.35. The van der Waals surface area contributed by atoms with E-state index in [2.05, 4.69) is 10.2 Å². The number of ether oxygens (including phenoxy) is 1. The number of hydrogen-bond donors (Lipinski definition) is 0. The number of nitrogens with zero attached hydrogens (tertiary/aromatic N) is 3. The Balaban J connectivity index is 1.51. The summed E-state index contributed by atoms with van der Waals surface area (Å²) in [6.07, 6.45) is -0.811. The normalized spacial score (nSPS) is 12.1. The summed E-state index contributed by atoms with van der Waals surface area (Å²) in [6, 6.07) is 13.0. The molecule has 0 spiro atoms. The zero-order valence-electron chi connectivity index (χ0n) is 15.5. The molecule has 9 heteroatoms. The van der Waals surface area contributed by atoms with Gasteiger partial charge in [-0.3, -0.25) is 10.1 Å². The van der Waals surface area contributed by atoms with Crippen molar-refractivity contribution in [2.75, 3.05) is 0 Å². The highest BCUT2D eigenvalue weighted by Crippen LogP contribution is 2.28. The van der Waals surface area contributed by atoms with Gasteiger partial charge in [0.2, 0.25) is 11.7 Å². The van der Waals surface area contributed by atoms with Crippen LogP contribution >= 0.6 is 0 Å². The molecule has 0 saturated heterocycles. The lowest BCUT2D eigenvalue weighted by Gasteiger charge is -2.08. The molecule has 0 saturated carbocycles. The van der Waals surface area contributed by atoms with Crippen LogP contribution in [0.25, 0.3) is 22.4 Å². The van der Waals surface area contributed by atoms with Crippen molar-refractivity contribution in [2.24, 2.45) is 0 Å². The number of para-hydroxylation sites is 1. The maximum Gasteiger partial charge on any atom is 0.375 e. The van der Waals surface area contributed by atoms with Gasteiger partial charge >= 0.3 is 5.97 Å². The second-order valence-corrected chi connectivity index (χ2v) is 6.35. The molecule has 29 heavy (non-hydrogen) atoms. The van der Waals surface area contributed by atoms with E-state index in [0.29, 0.717) is 16.7 Å². The van der Waals surface area contributed by atoms with Crippen LogP contribution < -0.4 is 0 Å². The number of aromatic nitrogens is 2. The van der Waals surface area contributed by atoms with Gasteiger partial charge in [0.1, 0.15) is 5.58 Å². The zero-order chi connectivity index (χ0) is 20.5. The van der Waals surface area contributed by atoms with E-state index in [0.717, 1.165) is 5.39 Å². The van der Waals surface area contributed by atoms with E-state index < -0.39 is 17.0 Å². The lowest BCUT2D eigenvalue weighted by atomic mass is 10.1. The molecule has 2 aromatic heterocycles. The van der Waals surface area contributed by atoms with Crippen molar-refractivity contribution in [3.63, 3.8) is 0 Å². The summed E-state index contributed by atoms with van der Waals surface area (Å²) in [5, 5.41) is 19.4. The quantitative estimate of drug-likeness (QED) is 0.273. The first-order chi connectivity index (χ1) is 13.9. The van der Waals surface area contributed by atoms with Crippen LogP contribution in [-0.2, 0) is 4.74 Å². The van der Waals surface area contributed by atoms with Crippen molar-refractivity contribution in [3.05, 3.63) is 75.9 Å². The Morgan fingerprint density at radius 3 is 2.52 bits per heavy atom. The van der Waals surface area contributed by atoms with Gasteiger partial charge in [-0.2, -0.15) is 0 Å². The predicted octanol–water partition coefficient (Wildman–Crippen LogP) is 4.62. The topological polar surface area (TPSA) is 122 Å². The van der Waals surface area contributed by atoms with Gasteiger partial charge in [-0.15, -0.1) is 10.2 Å². The van der Waals surface area contributed by atoms with E-state index in [1.165, 1.54) is 24.3 Å². The zero-order valence-corrected chi connectivity index (χ0v) is 15.5. The van der Waals surface area contributed by atoms with Crippen LogP contribution in [0.5, 0.6) is 0 Å². The Hall–Kier alpha value is -4.01. The fraction of sp³-hybridized carbons (Fsp3) is 0.150. The maximum absolute atomic E-state index is 12.5. The van der Waals surface area contributed by atoms with Crippen LogP contribution in [-0.4, -0.2) is 21.1 Å². The number of carbonyl (C=O) groups is 1. The highest BCUT2D eigenvalue weighted by molar-refractivity contribution is 5.95. The number of hydrogen-bond acceptors (Lipinski definition) is 8. The van der Waals surface area contributed by atoms with Crippen molar-refractivity contribution in [1.29, 1.82) is 0 Å². The fourth-order valence-corrected chi connectivity index (χ4v) is 2.87. The van der Waals surface area contributed by atoms with Crippen molar-refractivity contribution in [3.8, 4) is 11.5 Å². The van der Waals surface area contributed by atoms with Gasteiger partial charge in [0, 0.05) is 28.6 Å². The molecule has 0 aliphatic carbocycles. The lowest BCUT2D eigenvalue weighted by Crippen LogP contribution is -2.09. The van der Waals surface area contributed by atoms with Crippen molar-refractivity contribution < 1.29 is 23.3 Å². The summed E-state index contributed by atoms with van der Waals surface area (Å²) in [4.78, 5) is 22.8. The Bertz CT molecular complexity index is 1210. The molecule has 0 fully saturated rings. The van der Waals surface area contributed by atoms with Gasteiger partial charge in [-0.05, 0) is 32.0 Å². The molecule has 0 bridgehead atoms. The standard InChI is InChI=1S/C20H15N3O6/c1-11-15-5-3-4-6-16(15)28-17(11)20(24)27-12(2)18-21-22-19(29-18)13-7-9-14(10-8-13)23(25)26/h3-10,12H,1-2H3/t12-/m0/s1. The van der Waals surface area contributed by atoms with Gasteiger partial charge in [-0.1, -0.05) is 18.2 Å². The molecule has 0 aliphatic rings. The summed E-state index contributed by atoms with van der Waals surface area (Å²) in [5.74, 6) is -0.257. The molecule has 0 N–H and O–H groups in total. The number of carbonyl (C=O) groups excluding carboxylic acids is 1. The van der Waals surface area contributed by atoms with Gasteiger partial charge in [0.25, 0.3) is 11.6 Å². The monoisotopic (exact) mass is 393 g/mol. The summed E-state index contributed by atoms with van der Waals surface area (Å²) in [5.41, 5.74) is 1.76. The third-order valence-corrected chi connectivity index (χ3v) is 4.43. The molecule has 0 amide bonds. The molecule has 9 nitrogen and oxygen atoms in total. The number of benzene rings is 2. The van der Waals surface area contributed by atoms with E-state index in [-0.39, 0.29) is 23.2 Å². The highest BCUT2D eigenvalue weighted by atomic mass is 16.6. The Morgan fingerprint density at radius 1 is 1.10 bits per heavy atom. The first-order valence-corrected chi connectivity index (χ1v) is 8.71. The van der Waals surface area contributed by atoms with Gasteiger partial charge < -0.3 is 13.6 Å². The van der Waals surface area contributed by atoms with E-state index in [4.69, 9.17) is 13.6 Å². The molecule has 2 heterocycles. The van der Waals surface area contributed by atoms with Crippen LogP contribution in [0.4, 0.5) is 5.69 Å². The van der Waals surface area contributed by atoms with Gasteiger partial charge in [0.05, 0.1) is 4.92 Å². The molecular weight excluding hydrogens is 378 g/mol. The molecule has 4 rings (SSSR count). The lowest BCUT2D eigenvalue weighted by molar-refractivity contribution is -0.384. The Kier molecular flexibility index (Phi) is 4.55.